The van der Waals surface area contributed by atoms with Crippen molar-refractivity contribution in [3.05, 3.63) is 24.3 Å². The molecule has 114 valence electrons. The van der Waals surface area contributed by atoms with Gasteiger partial charge in [0.25, 0.3) is 0 Å². The maximum Gasteiger partial charge on any atom is 0.334 e. The van der Waals surface area contributed by atoms with Crippen LogP contribution in [0.4, 0.5) is 0 Å². The van der Waals surface area contributed by atoms with Gasteiger partial charge in [-0.1, -0.05) is 46.3 Å². The molecular weight excluding hydrogens is 256 g/mol. The van der Waals surface area contributed by atoms with Gasteiger partial charge in [0.1, 0.15) is 6.10 Å². The van der Waals surface area contributed by atoms with E-state index in [1.54, 1.807) is 6.92 Å². The molecule has 0 aliphatic rings. The van der Waals surface area contributed by atoms with Crippen LogP contribution in [0, 0.1) is 5.92 Å². The summed E-state index contributed by atoms with van der Waals surface area (Å²) in [6.45, 7) is 9.54. The zero-order valence-electron chi connectivity index (χ0n) is 12.7. The molecule has 4 heteroatoms. The van der Waals surface area contributed by atoms with E-state index in [0.717, 1.165) is 38.2 Å². The van der Waals surface area contributed by atoms with Crippen LogP contribution in [0.2, 0.25) is 0 Å². The van der Waals surface area contributed by atoms with Crippen molar-refractivity contribution in [2.24, 2.45) is 5.92 Å². The lowest BCUT2D eigenvalue weighted by Gasteiger charge is -2.18. The molecule has 0 saturated carbocycles. The summed E-state index contributed by atoms with van der Waals surface area (Å²) in [4.78, 5) is 22.4. The summed E-state index contributed by atoms with van der Waals surface area (Å²) in [6, 6.07) is 0. The zero-order valence-corrected chi connectivity index (χ0v) is 12.7. The number of carbonyl (C=O) groups excluding carboxylic acids is 1. The van der Waals surface area contributed by atoms with Crippen molar-refractivity contribution in [2.45, 2.75) is 59.0 Å². The Morgan fingerprint density at radius 1 is 1.30 bits per heavy atom. The number of carboxylic acids is 1. The van der Waals surface area contributed by atoms with Crippen LogP contribution in [0.5, 0.6) is 0 Å². The molecule has 0 spiro atoms. The van der Waals surface area contributed by atoms with E-state index in [4.69, 9.17) is 9.84 Å². The van der Waals surface area contributed by atoms with Gasteiger partial charge in [0, 0.05) is 17.6 Å². The quantitative estimate of drug-likeness (QED) is 0.377. The molecule has 0 bridgehead atoms. The van der Waals surface area contributed by atoms with E-state index in [2.05, 4.69) is 13.5 Å². The fraction of sp³-hybridized carbons (Fsp3) is 0.625. The molecule has 0 radical (unpaired) electrons. The second-order valence-corrected chi connectivity index (χ2v) is 4.94. The van der Waals surface area contributed by atoms with Gasteiger partial charge in [0.05, 0.1) is 0 Å². The average Bonchev–Trinajstić information content (AvgIpc) is 2.42. The molecule has 4 nitrogen and oxygen atoms in total. The monoisotopic (exact) mass is 282 g/mol. The van der Waals surface area contributed by atoms with E-state index in [0.29, 0.717) is 0 Å². The number of allylic oxidation sites excluding steroid dienone is 1. The number of hydrogen-bond acceptors (Lipinski definition) is 3. The highest BCUT2D eigenvalue weighted by Gasteiger charge is 2.18. The first-order chi connectivity index (χ1) is 9.42. The van der Waals surface area contributed by atoms with Crippen LogP contribution in [0.25, 0.3) is 0 Å². The molecule has 2 unspecified atom stereocenters. The van der Waals surface area contributed by atoms with Crippen LogP contribution in [-0.4, -0.2) is 23.1 Å². The van der Waals surface area contributed by atoms with E-state index < -0.39 is 11.9 Å². The summed E-state index contributed by atoms with van der Waals surface area (Å²) >= 11 is 0. The molecule has 0 rings (SSSR count). The van der Waals surface area contributed by atoms with Crippen molar-refractivity contribution in [3.63, 3.8) is 0 Å². The Morgan fingerprint density at radius 3 is 2.45 bits per heavy atom. The number of hydrogen-bond donors (Lipinski definition) is 1. The molecule has 0 aliphatic carbocycles. The molecule has 0 saturated heterocycles. The number of unbranched alkanes of at least 4 members (excludes halogenated alkanes) is 2. The lowest BCUT2D eigenvalue weighted by molar-refractivity contribution is -0.145. The molecule has 0 heterocycles. The third-order valence-corrected chi connectivity index (χ3v) is 3.20. The van der Waals surface area contributed by atoms with E-state index in [1.165, 1.54) is 6.08 Å². The normalized spacial score (nSPS) is 13.9. The van der Waals surface area contributed by atoms with E-state index in [1.807, 2.05) is 6.92 Å². The minimum atomic E-state index is -1.04. The SMILES string of the molecule is C=C(C(=O)OC(CC)CCCCC)C(C)C=CC(=O)O. The Bertz CT molecular complexity index is 357. The van der Waals surface area contributed by atoms with Crippen LogP contribution in [0.3, 0.4) is 0 Å². The summed E-state index contributed by atoms with van der Waals surface area (Å²) in [6.07, 6.45) is 7.32. The minimum absolute atomic E-state index is 0.0820. The van der Waals surface area contributed by atoms with Crippen molar-refractivity contribution in [1.29, 1.82) is 0 Å². The van der Waals surface area contributed by atoms with Gasteiger partial charge in [-0.3, -0.25) is 0 Å². The topological polar surface area (TPSA) is 63.6 Å². The fourth-order valence-electron chi connectivity index (χ4n) is 1.72. The Morgan fingerprint density at radius 2 is 1.95 bits per heavy atom. The third kappa shape index (κ3) is 7.77. The first-order valence-corrected chi connectivity index (χ1v) is 7.23. The Kier molecular flexibility index (Phi) is 9.43. The Balaban J connectivity index is 4.34. The third-order valence-electron chi connectivity index (χ3n) is 3.20. The van der Waals surface area contributed by atoms with Crippen LogP contribution in [0.15, 0.2) is 24.3 Å². The van der Waals surface area contributed by atoms with Gasteiger partial charge in [0.2, 0.25) is 0 Å². The molecule has 0 aromatic rings. The summed E-state index contributed by atoms with van der Waals surface area (Å²) in [5.41, 5.74) is 0.288. The van der Waals surface area contributed by atoms with E-state index >= 15 is 0 Å². The number of aliphatic carboxylic acids is 1. The lowest BCUT2D eigenvalue weighted by atomic mass is 10.0. The second kappa shape index (κ2) is 10.2. The largest absolute Gasteiger partial charge is 0.478 e. The minimum Gasteiger partial charge on any atom is -0.478 e. The standard InChI is InChI=1S/C16H26O4/c1-5-7-8-9-14(6-2)20-16(19)13(4)12(3)10-11-15(17)18/h10-12,14H,4-9H2,1-3H3,(H,17,18). The molecule has 0 aromatic heterocycles. The summed E-state index contributed by atoms with van der Waals surface area (Å²) in [5, 5.41) is 8.55. The van der Waals surface area contributed by atoms with Crippen molar-refractivity contribution in [3.8, 4) is 0 Å². The molecule has 0 amide bonds. The van der Waals surface area contributed by atoms with Crippen LogP contribution in [-0.2, 0) is 14.3 Å². The maximum atomic E-state index is 11.9. The van der Waals surface area contributed by atoms with Crippen molar-refractivity contribution >= 4 is 11.9 Å². The molecule has 0 fully saturated rings. The van der Waals surface area contributed by atoms with Crippen molar-refractivity contribution < 1.29 is 19.4 Å². The molecule has 1 N–H and O–H groups in total. The van der Waals surface area contributed by atoms with Crippen molar-refractivity contribution in [2.75, 3.05) is 0 Å². The highest BCUT2D eigenvalue weighted by molar-refractivity contribution is 5.89. The first-order valence-electron chi connectivity index (χ1n) is 7.23. The summed E-state index contributed by atoms with van der Waals surface area (Å²) < 4.78 is 5.42. The van der Waals surface area contributed by atoms with Gasteiger partial charge in [-0.15, -0.1) is 0 Å². The Labute approximate surface area is 121 Å². The Hall–Kier alpha value is -1.58. The van der Waals surface area contributed by atoms with Gasteiger partial charge in [-0.2, -0.15) is 0 Å². The molecule has 0 aromatic carbocycles. The van der Waals surface area contributed by atoms with E-state index in [9.17, 15) is 9.59 Å². The van der Waals surface area contributed by atoms with Crippen molar-refractivity contribution in [1.82, 2.24) is 0 Å². The molecular formula is C16H26O4. The second-order valence-electron chi connectivity index (χ2n) is 4.94. The maximum absolute atomic E-state index is 11.9. The van der Waals surface area contributed by atoms with E-state index in [-0.39, 0.29) is 17.6 Å². The van der Waals surface area contributed by atoms with Crippen LogP contribution >= 0.6 is 0 Å². The summed E-state index contributed by atoms with van der Waals surface area (Å²) in [5.74, 6) is -1.81. The highest BCUT2D eigenvalue weighted by Crippen LogP contribution is 2.16. The number of carboxylic acid groups (broad SMARTS) is 1. The number of carbonyl (C=O) groups is 2. The van der Waals surface area contributed by atoms with Gasteiger partial charge in [-0.25, -0.2) is 9.59 Å². The number of esters is 1. The van der Waals surface area contributed by atoms with Gasteiger partial charge < -0.3 is 9.84 Å². The molecule has 2 atom stereocenters. The average molecular weight is 282 g/mol. The van der Waals surface area contributed by atoms with Crippen LogP contribution < -0.4 is 0 Å². The molecule has 0 aliphatic heterocycles. The fourth-order valence-corrected chi connectivity index (χ4v) is 1.72. The zero-order chi connectivity index (χ0) is 15.5. The smallest absolute Gasteiger partial charge is 0.334 e. The first kappa shape index (κ1) is 18.4. The van der Waals surface area contributed by atoms with Gasteiger partial charge in [0.15, 0.2) is 0 Å². The highest BCUT2D eigenvalue weighted by atomic mass is 16.5. The predicted molar refractivity (Wildman–Crippen MR) is 79.4 cm³/mol. The summed E-state index contributed by atoms with van der Waals surface area (Å²) in [7, 11) is 0. The lowest BCUT2D eigenvalue weighted by Crippen LogP contribution is -2.20. The predicted octanol–water partition coefficient (Wildman–Crippen LogP) is 3.72. The van der Waals surface area contributed by atoms with Gasteiger partial charge >= 0.3 is 11.9 Å². The van der Waals surface area contributed by atoms with Gasteiger partial charge in [-0.05, 0) is 19.3 Å². The number of rotatable bonds is 10. The number of ether oxygens (including phenoxy) is 1. The molecule has 20 heavy (non-hydrogen) atoms. The van der Waals surface area contributed by atoms with Crippen LogP contribution in [0.1, 0.15) is 52.9 Å².